The molecule has 0 heterocycles. The molecule has 0 aromatic rings. The molecule has 0 atom stereocenters. The van der Waals surface area contributed by atoms with Gasteiger partial charge in [-0.05, 0) is 0 Å². The second-order valence-corrected chi connectivity index (χ2v) is 1.04. The van der Waals surface area contributed by atoms with Crippen molar-refractivity contribution in [2.75, 3.05) is 0 Å². The Bertz CT molecular complexity index is 130. The third-order valence-corrected chi connectivity index (χ3v) is 0.631. The third kappa shape index (κ3) is 2.07. The van der Waals surface area contributed by atoms with Crippen molar-refractivity contribution < 1.29 is 1.37 Å². The zero-order valence-electron chi connectivity index (χ0n) is 3.70. The van der Waals surface area contributed by atoms with E-state index in [2.05, 4.69) is 4.85 Å². The minimum absolute atomic E-state index is 0.290. The van der Waals surface area contributed by atoms with Crippen molar-refractivity contribution in [3.05, 3.63) is 22.1 Å². The van der Waals surface area contributed by atoms with Gasteiger partial charge >= 0.3 is 0 Å². The molecule has 0 aromatic carbocycles. The molecule has 0 fully saturated rings. The number of rotatable bonds is 0. The van der Waals surface area contributed by atoms with Crippen LogP contribution in [0.3, 0.4) is 0 Å². The van der Waals surface area contributed by atoms with Crippen LogP contribution in [0.1, 0.15) is 1.37 Å². The van der Waals surface area contributed by atoms with Crippen LogP contribution in [-0.2, 0) is 0 Å². The minimum Gasteiger partial charge on any atom is -0.224 e. The summed E-state index contributed by atoms with van der Waals surface area (Å²) in [6.07, 6.45) is 0. The standard InChI is InChI=1S/C3HCl2N/c1-6-3(5)2-4/h2H/b3-2-/i2D. The van der Waals surface area contributed by atoms with E-state index < -0.39 is 5.51 Å². The molecular weight excluding hydrogens is 121 g/mol. The van der Waals surface area contributed by atoms with Crippen molar-refractivity contribution >= 4 is 23.2 Å². The summed E-state index contributed by atoms with van der Waals surface area (Å²) in [4.78, 5) is 2.66. The fourth-order valence-electron chi connectivity index (χ4n) is 0.0211. The van der Waals surface area contributed by atoms with Gasteiger partial charge in [0.1, 0.15) is 0 Å². The molecule has 0 aliphatic carbocycles. The van der Waals surface area contributed by atoms with Gasteiger partial charge < -0.3 is 0 Å². The first kappa shape index (κ1) is 3.98. The largest absolute Gasteiger partial charge is 0.263 e. The fraction of sp³-hybridized carbons (Fsp3) is 0. The van der Waals surface area contributed by atoms with Gasteiger partial charge in [0.05, 0.1) is 7.94 Å². The highest BCUT2D eigenvalue weighted by molar-refractivity contribution is 6.37. The van der Waals surface area contributed by atoms with E-state index in [1.165, 1.54) is 0 Å². The molecule has 0 aliphatic heterocycles. The van der Waals surface area contributed by atoms with Crippen molar-refractivity contribution in [1.29, 1.82) is 0 Å². The molecule has 3 heteroatoms. The lowest BCUT2D eigenvalue weighted by Crippen LogP contribution is -1.43. The molecule has 0 saturated carbocycles. The van der Waals surface area contributed by atoms with Gasteiger partial charge in [0.2, 0.25) is 0 Å². The van der Waals surface area contributed by atoms with Crippen LogP contribution in [0.2, 0.25) is 0 Å². The number of nitrogens with zero attached hydrogens (tertiary/aromatic N) is 1. The van der Waals surface area contributed by atoms with Gasteiger partial charge in [-0.2, -0.15) is 0 Å². The SMILES string of the molecule is [2H]/C(Cl)=C(\Cl)[N+]#[C-]. The van der Waals surface area contributed by atoms with Crippen molar-refractivity contribution in [3.8, 4) is 0 Å². The van der Waals surface area contributed by atoms with Crippen molar-refractivity contribution in [1.82, 2.24) is 0 Å². The normalized spacial score (nSPS) is 14.5. The maximum atomic E-state index is 6.48. The number of hydrogen-bond acceptors (Lipinski definition) is 0. The van der Waals surface area contributed by atoms with E-state index in [1.807, 2.05) is 0 Å². The predicted octanol–water partition coefficient (Wildman–Crippen LogP) is 2.18. The van der Waals surface area contributed by atoms with E-state index >= 15 is 0 Å². The molecule has 0 radical (unpaired) electrons. The Morgan fingerprint density at radius 2 is 2.67 bits per heavy atom. The van der Waals surface area contributed by atoms with Crippen molar-refractivity contribution in [2.24, 2.45) is 0 Å². The summed E-state index contributed by atoms with van der Waals surface area (Å²) >= 11 is 9.94. The van der Waals surface area contributed by atoms with Crippen LogP contribution in [0.5, 0.6) is 0 Å². The molecule has 0 saturated heterocycles. The number of hydrogen-bond donors (Lipinski definition) is 0. The molecular formula is C3HCl2N. The molecule has 0 unspecified atom stereocenters. The first-order chi connectivity index (χ1) is 3.18. The van der Waals surface area contributed by atoms with Gasteiger partial charge in [-0.25, -0.2) is 4.85 Å². The Labute approximate surface area is 47.4 Å². The van der Waals surface area contributed by atoms with E-state index in [0.29, 0.717) is 0 Å². The third-order valence-electron chi connectivity index (χ3n) is 0.176. The average Bonchev–Trinajstić information content (AvgIpc) is 1.65. The highest BCUT2D eigenvalue weighted by Crippen LogP contribution is 2.01. The van der Waals surface area contributed by atoms with Gasteiger partial charge in [0, 0.05) is 5.51 Å². The molecule has 0 spiro atoms. The lowest BCUT2D eigenvalue weighted by Gasteiger charge is -1.66. The van der Waals surface area contributed by atoms with Gasteiger partial charge in [-0.1, -0.05) is 0 Å². The molecule has 0 bridgehead atoms. The van der Waals surface area contributed by atoms with E-state index in [9.17, 15) is 0 Å². The maximum absolute atomic E-state index is 6.48. The van der Waals surface area contributed by atoms with E-state index in [1.54, 1.807) is 0 Å². The Hall–Kier alpha value is -0.190. The second-order valence-electron chi connectivity index (χ2n) is 0.497. The zero-order valence-corrected chi connectivity index (χ0v) is 4.22. The smallest absolute Gasteiger partial charge is 0.224 e. The monoisotopic (exact) mass is 122 g/mol. The molecule has 32 valence electrons. The van der Waals surface area contributed by atoms with Gasteiger partial charge in [-0.15, -0.1) is 23.2 Å². The van der Waals surface area contributed by atoms with Crippen LogP contribution in [0.15, 0.2) is 10.7 Å². The Kier molecular flexibility index (Phi) is 2.00. The first-order valence-electron chi connectivity index (χ1n) is 1.58. The van der Waals surface area contributed by atoms with Crippen LogP contribution in [-0.4, -0.2) is 0 Å². The molecule has 0 N–H and O–H groups in total. The quantitative estimate of drug-likeness (QED) is 0.343. The highest BCUT2D eigenvalue weighted by atomic mass is 35.5. The van der Waals surface area contributed by atoms with Crippen molar-refractivity contribution in [2.45, 2.75) is 0 Å². The lowest BCUT2D eigenvalue weighted by atomic mass is 11.0. The van der Waals surface area contributed by atoms with Crippen LogP contribution in [0.25, 0.3) is 4.85 Å². The van der Waals surface area contributed by atoms with Crippen molar-refractivity contribution in [3.63, 3.8) is 0 Å². The van der Waals surface area contributed by atoms with Crippen LogP contribution in [0.4, 0.5) is 0 Å². The predicted molar refractivity (Wildman–Crippen MR) is 26.4 cm³/mol. The van der Waals surface area contributed by atoms with E-state index in [-0.39, 0.29) is 5.16 Å². The Morgan fingerprint density at radius 1 is 2.17 bits per heavy atom. The van der Waals surface area contributed by atoms with Crippen LogP contribution >= 0.6 is 23.2 Å². The molecule has 0 amide bonds. The molecule has 0 aliphatic rings. The fourth-order valence-corrected chi connectivity index (χ4v) is 0.0634. The van der Waals surface area contributed by atoms with E-state index in [0.717, 1.165) is 0 Å². The summed E-state index contributed by atoms with van der Waals surface area (Å²) in [7, 11) is 0. The Morgan fingerprint density at radius 3 is 2.67 bits per heavy atom. The zero-order chi connectivity index (χ0) is 5.86. The molecule has 1 nitrogen and oxygen atoms in total. The van der Waals surface area contributed by atoms with Crippen LogP contribution in [0, 0.1) is 6.57 Å². The minimum atomic E-state index is -0.406. The van der Waals surface area contributed by atoms with E-state index in [4.69, 9.17) is 31.1 Å². The maximum Gasteiger partial charge on any atom is 0.263 e. The van der Waals surface area contributed by atoms with Crippen LogP contribution < -0.4 is 0 Å². The molecule has 6 heavy (non-hydrogen) atoms. The summed E-state index contributed by atoms with van der Waals surface area (Å²) in [6, 6.07) is 0. The highest BCUT2D eigenvalue weighted by Gasteiger charge is 1.77. The average molecular weight is 123 g/mol. The Balaban J connectivity index is 4.07. The van der Waals surface area contributed by atoms with Gasteiger partial charge in [0.15, 0.2) is 0 Å². The summed E-state index contributed by atoms with van der Waals surface area (Å²) in [5.74, 6) is 0. The second kappa shape index (κ2) is 3.02. The van der Waals surface area contributed by atoms with Gasteiger partial charge in [-0.3, -0.25) is 0 Å². The summed E-state index contributed by atoms with van der Waals surface area (Å²) in [5, 5.41) is -0.290. The summed E-state index contributed by atoms with van der Waals surface area (Å²) < 4.78 is 6.48. The molecule has 0 aromatic heterocycles. The first-order valence-corrected chi connectivity index (χ1v) is 1.83. The van der Waals surface area contributed by atoms with Gasteiger partial charge in [0.25, 0.3) is 5.16 Å². The summed E-state index contributed by atoms with van der Waals surface area (Å²) in [6.45, 7) is 6.17. The summed E-state index contributed by atoms with van der Waals surface area (Å²) in [5.41, 5.74) is -0.406. The number of halogens is 2. The molecule has 0 rings (SSSR count). The topological polar surface area (TPSA) is 4.36 Å². The lowest BCUT2D eigenvalue weighted by molar-refractivity contribution is 1.97.